The van der Waals surface area contributed by atoms with Crippen molar-refractivity contribution in [3.63, 3.8) is 0 Å². The fraction of sp³-hybridized carbons (Fsp3) is 0.231. The van der Waals surface area contributed by atoms with E-state index in [0.29, 0.717) is 39.4 Å². The molecule has 0 radical (unpaired) electrons. The van der Waals surface area contributed by atoms with Gasteiger partial charge in [0.25, 0.3) is 5.91 Å². The summed E-state index contributed by atoms with van der Waals surface area (Å²) in [7, 11) is 3.04. The van der Waals surface area contributed by atoms with Gasteiger partial charge in [0, 0.05) is 35.0 Å². The molecule has 0 unspecified atom stereocenters. The summed E-state index contributed by atoms with van der Waals surface area (Å²) < 4.78 is 10.5. The number of aromatic hydroxyl groups is 1. The standard InChI is InChI=1S/C26H28N2O5/c1-15(2)22-13-23(19(14-27)11-24(22)29)28-26(31)17-7-5-16(6-8-17)25(30)18-9-20(32-3)12-21(10-18)33-4/h5-13,15,29H,14,27H2,1-4H3,(H,28,31). The van der Waals surface area contributed by atoms with Gasteiger partial charge in [-0.25, -0.2) is 0 Å². The van der Waals surface area contributed by atoms with Crippen LogP contribution in [0.15, 0.2) is 54.6 Å². The largest absolute Gasteiger partial charge is 0.508 e. The Morgan fingerprint density at radius 3 is 2.00 bits per heavy atom. The maximum absolute atomic E-state index is 12.9. The van der Waals surface area contributed by atoms with Crippen molar-refractivity contribution in [2.75, 3.05) is 19.5 Å². The normalized spacial score (nSPS) is 10.7. The third kappa shape index (κ3) is 5.32. The third-order valence-corrected chi connectivity index (χ3v) is 5.37. The van der Waals surface area contributed by atoms with Gasteiger partial charge in [0.1, 0.15) is 17.2 Å². The maximum Gasteiger partial charge on any atom is 0.255 e. The summed E-state index contributed by atoms with van der Waals surface area (Å²) in [6.45, 7) is 4.08. The molecule has 3 rings (SSSR count). The highest BCUT2D eigenvalue weighted by atomic mass is 16.5. The third-order valence-electron chi connectivity index (χ3n) is 5.37. The molecule has 7 nitrogen and oxygen atoms in total. The fourth-order valence-corrected chi connectivity index (χ4v) is 3.47. The molecule has 7 heteroatoms. The second kappa shape index (κ2) is 10.2. The number of phenols is 1. The minimum absolute atomic E-state index is 0.0769. The summed E-state index contributed by atoms with van der Waals surface area (Å²) >= 11 is 0. The van der Waals surface area contributed by atoms with Crippen LogP contribution in [0.4, 0.5) is 5.69 Å². The van der Waals surface area contributed by atoms with Gasteiger partial charge in [0.2, 0.25) is 0 Å². The number of carbonyl (C=O) groups excluding carboxylic acids is 2. The number of benzene rings is 3. The average Bonchev–Trinajstić information content (AvgIpc) is 2.83. The summed E-state index contributed by atoms with van der Waals surface area (Å²) in [5.74, 6) is 0.698. The lowest BCUT2D eigenvalue weighted by atomic mass is 9.98. The first kappa shape index (κ1) is 23.8. The van der Waals surface area contributed by atoms with Crippen LogP contribution in [-0.4, -0.2) is 31.0 Å². The van der Waals surface area contributed by atoms with Gasteiger partial charge in [-0.3, -0.25) is 9.59 Å². The number of anilines is 1. The number of phenolic OH excluding ortho intramolecular Hbond substituents is 1. The summed E-state index contributed by atoms with van der Waals surface area (Å²) in [6, 6.07) is 14.7. The zero-order valence-corrected chi connectivity index (χ0v) is 19.1. The number of nitrogens with one attached hydrogen (secondary N) is 1. The van der Waals surface area contributed by atoms with Crippen molar-refractivity contribution >= 4 is 17.4 Å². The molecule has 0 spiro atoms. The van der Waals surface area contributed by atoms with Crippen molar-refractivity contribution < 1.29 is 24.2 Å². The van der Waals surface area contributed by atoms with Crippen LogP contribution in [0.3, 0.4) is 0 Å². The molecule has 33 heavy (non-hydrogen) atoms. The Morgan fingerprint density at radius 1 is 0.909 bits per heavy atom. The highest BCUT2D eigenvalue weighted by Gasteiger charge is 2.16. The van der Waals surface area contributed by atoms with Gasteiger partial charge >= 0.3 is 0 Å². The van der Waals surface area contributed by atoms with Gasteiger partial charge in [-0.15, -0.1) is 0 Å². The van der Waals surface area contributed by atoms with E-state index in [-0.39, 0.29) is 29.9 Å². The van der Waals surface area contributed by atoms with E-state index in [9.17, 15) is 14.7 Å². The molecule has 0 atom stereocenters. The maximum atomic E-state index is 12.9. The molecule has 3 aromatic carbocycles. The van der Waals surface area contributed by atoms with E-state index >= 15 is 0 Å². The molecule has 0 heterocycles. The molecule has 0 saturated carbocycles. The summed E-state index contributed by atoms with van der Waals surface area (Å²) in [4.78, 5) is 25.8. The van der Waals surface area contributed by atoms with Crippen LogP contribution in [0.25, 0.3) is 0 Å². The molecule has 4 N–H and O–H groups in total. The molecule has 0 bridgehead atoms. The number of ether oxygens (including phenoxy) is 2. The molecule has 172 valence electrons. The van der Waals surface area contributed by atoms with Gasteiger partial charge in [0.15, 0.2) is 5.78 Å². The van der Waals surface area contributed by atoms with E-state index in [1.807, 2.05) is 13.8 Å². The number of hydrogen-bond donors (Lipinski definition) is 3. The quantitative estimate of drug-likeness (QED) is 0.346. The number of methoxy groups -OCH3 is 2. The van der Waals surface area contributed by atoms with Crippen molar-refractivity contribution in [1.29, 1.82) is 0 Å². The van der Waals surface area contributed by atoms with Crippen LogP contribution in [0.2, 0.25) is 0 Å². The predicted octanol–water partition coefficient (Wildman–Crippen LogP) is 4.47. The molecular formula is C26H28N2O5. The van der Waals surface area contributed by atoms with Crippen LogP contribution < -0.4 is 20.5 Å². The Kier molecular flexibility index (Phi) is 7.35. The monoisotopic (exact) mass is 448 g/mol. The predicted molar refractivity (Wildman–Crippen MR) is 127 cm³/mol. The highest BCUT2D eigenvalue weighted by Crippen LogP contribution is 2.32. The van der Waals surface area contributed by atoms with Gasteiger partial charge in [-0.05, 0) is 53.4 Å². The van der Waals surface area contributed by atoms with Crippen molar-refractivity contribution in [1.82, 2.24) is 0 Å². The topological polar surface area (TPSA) is 111 Å². The zero-order valence-electron chi connectivity index (χ0n) is 19.1. The molecule has 0 saturated heterocycles. The molecule has 0 aliphatic heterocycles. The van der Waals surface area contributed by atoms with E-state index in [2.05, 4.69) is 5.32 Å². The van der Waals surface area contributed by atoms with Crippen molar-refractivity contribution in [2.24, 2.45) is 5.73 Å². The van der Waals surface area contributed by atoms with Crippen molar-refractivity contribution in [3.8, 4) is 17.2 Å². The molecule has 3 aromatic rings. The Labute approximate surface area is 193 Å². The van der Waals surface area contributed by atoms with Crippen LogP contribution in [0, 0.1) is 0 Å². The average molecular weight is 449 g/mol. The lowest BCUT2D eigenvalue weighted by molar-refractivity contribution is 0.102. The first-order valence-electron chi connectivity index (χ1n) is 10.5. The molecular weight excluding hydrogens is 420 g/mol. The van der Waals surface area contributed by atoms with E-state index < -0.39 is 0 Å². The number of carbonyl (C=O) groups is 2. The molecule has 0 aromatic heterocycles. The molecule has 0 aliphatic rings. The number of hydrogen-bond acceptors (Lipinski definition) is 6. The molecule has 0 fully saturated rings. The van der Waals surface area contributed by atoms with E-state index in [1.165, 1.54) is 14.2 Å². The number of ketones is 1. The van der Waals surface area contributed by atoms with Crippen LogP contribution >= 0.6 is 0 Å². The van der Waals surface area contributed by atoms with E-state index in [4.69, 9.17) is 15.2 Å². The first-order chi connectivity index (χ1) is 15.8. The Morgan fingerprint density at radius 2 is 1.48 bits per heavy atom. The lowest BCUT2D eigenvalue weighted by Crippen LogP contribution is -2.15. The van der Waals surface area contributed by atoms with Crippen LogP contribution in [-0.2, 0) is 6.54 Å². The summed E-state index contributed by atoms with van der Waals surface area (Å²) in [5, 5.41) is 13.1. The summed E-state index contributed by atoms with van der Waals surface area (Å²) in [6.07, 6.45) is 0. The fourth-order valence-electron chi connectivity index (χ4n) is 3.47. The Bertz CT molecular complexity index is 1150. The van der Waals surface area contributed by atoms with Crippen molar-refractivity contribution in [3.05, 3.63) is 82.4 Å². The number of nitrogens with two attached hydrogens (primary N) is 1. The van der Waals surface area contributed by atoms with Gasteiger partial charge < -0.3 is 25.6 Å². The van der Waals surface area contributed by atoms with E-state index in [0.717, 1.165) is 5.56 Å². The van der Waals surface area contributed by atoms with Crippen molar-refractivity contribution in [2.45, 2.75) is 26.3 Å². The number of amides is 1. The molecule has 1 amide bonds. The first-order valence-corrected chi connectivity index (χ1v) is 10.5. The SMILES string of the molecule is COc1cc(OC)cc(C(=O)c2ccc(C(=O)Nc3cc(C(C)C)c(O)cc3CN)cc2)c1. The zero-order chi connectivity index (χ0) is 24.1. The minimum atomic E-state index is -0.341. The minimum Gasteiger partial charge on any atom is -0.508 e. The Hall–Kier alpha value is -3.84. The number of rotatable bonds is 8. The lowest BCUT2D eigenvalue weighted by Gasteiger charge is -2.16. The van der Waals surface area contributed by atoms with Gasteiger partial charge in [-0.1, -0.05) is 26.0 Å². The second-order valence-corrected chi connectivity index (χ2v) is 7.89. The summed E-state index contributed by atoms with van der Waals surface area (Å²) in [5.41, 5.74) is 8.92. The second-order valence-electron chi connectivity index (χ2n) is 7.89. The molecule has 0 aliphatic carbocycles. The van der Waals surface area contributed by atoms with Gasteiger partial charge in [-0.2, -0.15) is 0 Å². The van der Waals surface area contributed by atoms with Crippen LogP contribution in [0.1, 0.15) is 57.2 Å². The Balaban J connectivity index is 1.83. The highest BCUT2D eigenvalue weighted by molar-refractivity contribution is 6.10. The van der Waals surface area contributed by atoms with Crippen LogP contribution in [0.5, 0.6) is 17.2 Å². The van der Waals surface area contributed by atoms with Gasteiger partial charge in [0.05, 0.1) is 14.2 Å². The smallest absolute Gasteiger partial charge is 0.255 e. The van der Waals surface area contributed by atoms with E-state index in [1.54, 1.807) is 54.6 Å².